The maximum absolute atomic E-state index is 12.1. The molecule has 4 rings (SSSR count). The van der Waals surface area contributed by atoms with Crippen LogP contribution in [0.15, 0.2) is 48.7 Å². The Bertz CT molecular complexity index is 1160. The van der Waals surface area contributed by atoms with Crippen molar-refractivity contribution >= 4 is 22.5 Å². The Balaban J connectivity index is 1.74. The molecule has 0 bridgehead atoms. The predicted octanol–water partition coefficient (Wildman–Crippen LogP) is 2.74. The Morgan fingerprint density at radius 3 is 2.79 bits per heavy atom. The van der Waals surface area contributed by atoms with Gasteiger partial charge in [-0.05, 0) is 53.3 Å². The quantitative estimate of drug-likeness (QED) is 0.645. The second-order valence-corrected chi connectivity index (χ2v) is 7.25. The van der Waals surface area contributed by atoms with E-state index < -0.39 is 5.60 Å². The molecule has 140 valence electrons. The molecule has 1 aliphatic heterocycles. The van der Waals surface area contributed by atoms with Crippen LogP contribution in [0.1, 0.15) is 17.5 Å². The minimum atomic E-state index is -1.59. The molecule has 1 saturated heterocycles. The van der Waals surface area contributed by atoms with E-state index in [2.05, 4.69) is 16.8 Å². The summed E-state index contributed by atoms with van der Waals surface area (Å²) in [6.07, 6.45) is 2.02. The number of aliphatic hydroxyl groups is 1. The maximum Gasteiger partial charge on any atom is 0.267 e. The minimum Gasteiger partial charge on any atom is -0.383 e. The number of carbonyl (C=O) groups excluding carboxylic acids is 1. The fourth-order valence-corrected chi connectivity index (χ4v) is 3.51. The minimum absolute atomic E-state index is 0.324. The lowest BCUT2D eigenvalue weighted by atomic mass is 9.95. The summed E-state index contributed by atoms with van der Waals surface area (Å²) in [7, 11) is 1.67. The monoisotopic (exact) mass is 371 g/mol. The summed E-state index contributed by atoms with van der Waals surface area (Å²) in [4.78, 5) is 17.8. The van der Waals surface area contributed by atoms with Crippen LogP contribution in [0, 0.1) is 18.8 Å². The number of hydrogen-bond acceptors (Lipinski definition) is 4. The molecular weight excluding hydrogens is 350 g/mol. The number of nitrogens with zero attached hydrogens (tertiary/aromatic N) is 2. The predicted molar refractivity (Wildman–Crippen MR) is 110 cm³/mol. The number of benzene rings is 2. The van der Waals surface area contributed by atoms with E-state index in [4.69, 9.17) is 5.73 Å². The highest BCUT2D eigenvalue weighted by Crippen LogP contribution is 2.29. The standard InChI is InChI=1S/C23H21N3O2/c1-15-3-4-16(7-9-23(28)10-12-26(2)22(23)27)13-19(15)18-6-5-17-8-11-25-21(24)20(17)14-18/h3-6,8,11,13-14,28H,10,12H2,1-2H3,(H2,24,25)/t23-/m0/s1. The third-order valence-corrected chi connectivity index (χ3v) is 5.27. The van der Waals surface area contributed by atoms with Crippen molar-refractivity contribution in [3.8, 4) is 23.0 Å². The molecule has 5 nitrogen and oxygen atoms in total. The van der Waals surface area contributed by atoms with Crippen LogP contribution in [0.5, 0.6) is 0 Å². The van der Waals surface area contributed by atoms with Crippen LogP contribution in [-0.2, 0) is 4.79 Å². The number of nitrogens with two attached hydrogens (primary N) is 1. The normalized spacial score (nSPS) is 19.0. The number of amides is 1. The molecule has 28 heavy (non-hydrogen) atoms. The number of hydrogen-bond donors (Lipinski definition) is 2. The summed E-state index contributed by atoms with van der Waals surface area (Å²) in [6.45, 7) is 2.54. The Morgan fingerprint density at radius 2 is 2.04 bits per heavy atom. The third kappa shape index (κ3) is 3.08. The molecule has 1 aromatic heterocycles. The molecule has 0 saturated carbocycles. The first-order chi connectivity index (χ1) is 13.4. The van der Waals surface area contributed by atoms with Gasteiger partial charge in [0.1, 0.15) is 5.82 Å². The van der Waals surface area contributed by atoms with Gasteiger partial charge in [0.25, 0.3) is 5.91 Å². The van der Waals surface area contributed by atoms with Gasteiger partial charge < -0.3 is 15.7 Å². The van der Waals surface area contributed by atoms with Gasteiger partial charge in [-0.1, -0.05) is 30.0 Å². The first kappa shape index (κ1) is 18.0. The van der Waals surface area contributed by atoms with Crippen LogP contribution >= 0.6 is 0 Å². The van der Waals surface area contributed by atoms with E-state index in [0.29, 0.717) is 18.8 Å². The third-order valence-electron chi connectivity index (χ3n) is 5.27. The molecule has 1 aliphatic rings. The van der Waals surface area contributed by atoms with Gasteiger partial charge in [-0.15, -0.1) is 0 Å². The van der Waals surface area contributed by atoms with E-state index >= 15 is 0 Å². The van der Waals surface area contributed by atoms with Crippen molar-refractivity contribution in [2.75, 3.05) is 19.3 Å². The summed E-state index contributed by atoms with van der Waals surface area (Å²) in [5, 5.41) is 12.4. The van der Waals surface area contributed by atoms with E-state index in [1.54, 1.807) is 13.2 Å². The van der Waals surface area contributed by atoms with E-state index in [-0.39, 0.29) is 5.91 Å². The zero-order chi connectivity index (χ0) is 19.9. The topological polar surface area (TPSA) is 79.5 Å². The Morgan fingerprint density at radius 1 is 1.21 bits per heavy atom. The van der Waals surface area contributed by atoms with Crippen molar-refractivity contribution in [3.05, 3.63) is 59.8 Å². The molecule has 2 aromatic carbocycles. The highest BCUT2D eigenvalue weighted by atomic mass is 16.3. The smallest absolute Gasteiger partial charge is 0.267 e. The zero-order valence-electron chi connectivity index (χ0n) is 15.9. The van der Waals surface area contributed by atoms with Gasteiger partial charge in [-0.25, -0.2) is 4.98 Å². The Kier molecular flexibility index (Phi) is 4.29. The van der Waals surface area contributed by atoms with Gasteiger partial charge in [-0.2, -0.15) is 0 Å². The van der Waals surface area contributed by atoms with Gasteiger partial charge in [-0.3, -0.25) is 4.79 Å². The second kappa shape index (κ2) is 6.66. The average molecular weight is 371 g/mol. The summed E-state index contributed by atoms with van der Waals surface area (Å²) in [6, 6.07) is 13.9. The summed E-state index contributed by atoms with van der Waals surface area (Å²) < 4.78 is 0. The lowest BCUT2D eigenvalue weighted by Crippen LogP contribution is -2.37. The summed E-state index contributed by atoms with van der Waals surface area (Å²) in [5.41, 5.74) is 8.33. The van der Waals surface area contributed by atoms with Crippen molar-refractivity contribution in [3.63, 3.8) is 0 Å². The molecule has 3 aromatic rings. The summed E-state index contributed by atoms with van der Waals surface area (Å²) in [5.74, 6) is 5.91. The first-order valence-electron chi connectivity index (χ1n) is 9.14. The second-order valence-electron chi connectivity index (χ2n) is 7.25. The Hall–Kier alpha value is -3.36. The molecule has 1 fully saturated rings. The highest BCUT2D eigenvalue weighted by molar-refractivity contribution is 5.94. The van der Waals surface area contributed by atoms with E-state index in [1.807, 2.05) is 49.4 Å². The highest BCUT2D eigenvalue weighted by Gasteiger charge is 2.42. The molecule has 1 amide bonds. The molecule has 0 aliphatic carbocycles. The fourth-order valence-electron chi connectivity index (χ4n) is 3.51. The zero-order valence-corrected chi connectivity index (χ0v) is 15.9. The number of likely N-dealkylation sites (tertiary alicyclic amines) is 1. The van der Waals surface area contributed by atoms with Crippen LogP contribution in [-0.4, -0.2) is 40.1 Å². The number of aromatic nitrogens is 1. The number of aryl methyl sites for hydroxylation is 1. The number of likely N-dealkylation sites (N-methyl/N-ethyl adjacent to an activating group) is 1. The number of fused-ring (bicyclic) bond motifs is 1. The molecule has 0 spiro atoms. The van der Waals surface area contributed by atoms with Crippen molar-refractivity contribution in [1.82, 2.24) is 9.88 Å². The van der Waals surface area contributed by atoms with Crippen molar-refractivity contribution in [2.24, 2.45) is 0 Å². The van der Waals surface area contributed by atoms with Crippen LogP contribution in [0.4, 0.5) is 5.82 Å². The van der Waals surface area contributed by atoms with Crippen molar-refractivity contribution < 1.29 is 9.90 Å². The number of nitrogen functional groups attached to an aromatic ring is 1. The lowest BCUT2D eigenvalue weighted by Gasteiger charge is -2.13. The van der Waals surface area contributed by atoms with E-state index in [1.165, 1.54) is 4.90 Å². The van der Waals surface area contributed by atoms with Gasteiger partial charge in [0.2, 0.25) is 5.60 Å². The number of rotatable bonds is 1. The number of carbonyl (C=O) groups is 1. The molecule has 2 heterocycles. The average Bonchev–Trinajstić information content (AvgIpc) is 2.95. The van der Waals surface area contributed by atoms with Crippen LogP contribution in [0.3, 0.4) is 0 Å². The fraction of sp³-hybridized carbons (Fsp3) is 0.217. The van der Waals surface area contributed by atoms with Crippen LogP contribution in [0.2, 0.25) is 0 Å². The van der Waals surface area contributed by atoms with Gasteiger partial charge in [0, 0.05) is 37.2 Å². The lowest BCUT2D eigenvalue weighted by molar-refractivity contribution is -0.137. The first-order valence-corrected chi connectivity index (χ1v) is 9.14. The SMILES string of the molecule is Cc1ccc(C#C[C@]2(O)CCN(C)C2=O)cc1-c1ccc2ccnc(N)c2c1. The molecular formula is C23H21N3O2. The van der Waals surface area contributed by atoms with Gasteiger partial charge in [0.15, 0.2) is 0 Å². The van der Waals surface area contributed by atoms with Crippen molar-refractivity contribution in [1.29, 1.82) is 0 Å². The number of pyridine rings is 1. The largest absolute Gasteiger partial charge is 0.383 e. The summed E-state index contributed by atoms with van der Waals surface area (Å²) >= 11 is 0. The Labute approximate surface area is 163 Å². The number of anilines is 1. The van der Waals surface area contributed by atoms with Crippen LogP contribution < -0.4 is 5.73 Å². The molecule has 0 unspecified atom stereocenters. The molecule has 1 atom stereocenters. The molecule has 5 heteroatoms. The van der Waals surface area contributed by atoms with Crippen molar-refractivity contribution in [2.45, 2.75) is 18.9 Å². The molecule has 0 radical (unpaired) electrons. The van der Waals surface area contributed by atoms with Crippen LogP contribution in [0.25, 0.3) is 21.9 Å². The molecule has 3 N–H and O–H groups in total. The maximum atomic E-state index is 12.1. The van der Waals surface area contributed by atoms with E-state index in [9.17, 15) is 9.90 Å². The van der Waals surface area contributed by atoms with Gasteiger partial charge in [0.05, 0.1) is 0 Å². The van der Waals surface area contributed by atoms with E-state index in [0.717, 1.165) is 33.0 Å². The van der Waals surface area contributed by atoms with Gasteiger partial charge >= 0.3 is 0 Å².